The van der Waals surface area contributed by atoms with E-state index >= 15 is 0 Å². The molecule has 0 radical (unpaired) electrons. The molecule has 2 nitrogen and oxygen atoms in total. The second-order valence-corrected chi connectivity index (χ2v) is 4.25. The van der Waals surface area contributed by atoms with Gasteiger partial charge in [-0.1, -0.05) is 25.7 Å². The van der Waals surface area contributed by atoms with E-state index in [-0.39, 0.29) is 11.7 Å². The Labute approximate surface area is 119 Å². The van der Waals surface area contributed by atoms with E-state index in [1.165, 1.54) is 12.1 Å². The molecule has 4 heteroatoms. The summed E-state index contributed by atoms with van der Waals surface area (Å²) in [6.07, 6.45) is 0. The normalized spacial score (nSPS) is 10.2. The first kappa shape index (κ1) is 15.8. The standard InChI is InChI=1S/C15H19ClFNO/c1-3-18(4-2)8-9-19-15-11-13(6-5-7-16)10-14(17)12-15/h10-12H,3-4,7-9H2,1-2H3. The van der Waals surface area contributed by atoms with Crippen molar-refractivity contribution in [2.24, 2.45) is 0 Å². The zero-order valence-electron chi connectivity index (χ0n) is 11.4. The fourth-order valence-corrected chi connectivity index (χ4v) is 1.75. The van der Waals surface area contributed by atoms with Gasteiger partial charge in [0.05, 0.1) is 5.88 Å². The number of benzene rings is 1. The van der Waals surface area contributed by atoms with E-state index in [4.69, 9.17) is 16.3 Å². The predicted octanol–water partition coefficient (Wildman–Crippen LogP) is 3.14. The lowest BCUT2D eigenvalue weighted by Crippen LogP contribution is -2.27. The number of nitrogens with zero attached hydrogens (tertiary/aromatic N) is 1. The van der Waals surface area contributed by atoms with Crippen LogP contribution in [0.25, 0.3) is 0 Å². The van der Waals surface area contributed by atoms with Crippen LogP contribution < -0.4 is 4.74 Å². The molecule has 0 atom stereocenters. The second-order valence-electron chi connectivity index (χ2n) is 3.99. The van der Waals surface area contributed by atoms with Gasteiger partial charge in [0.1, 0.15) is 18.2 Å². The Kier molecular flexibility index (Phi) is 7.32. The highest BCUT2D eigenvalue weighted by Crippen LogP contribution is 2.15. The summed E-state index contributed by atoms with van der Waals surface area (Å²) in [5.41, 5.74) is 0.582. The Morgan fingerprint density at radius 1 is 1.26 bits per heavy atom. The number of likely N-dealkylation sites (N-methyl/N-ethyl adjacent to an activating group) is 1. The number of ether oxygens (including phenoxy) is 1. The summed E-state index contributed by atoms with van der Waals surface area (Å²) >= 11 is 5.48. The molecule has 0 bridgehead atoms. The molecule has 0 aliphatic heterocycles. The number of hydrogen-bond acceptors (Lipinski definition) is 2. The van der Waals surface area contributed by atoms with E-state index in [9.17, 15) is 4.39 Å². The number of alkyl halides is 1. The summed E-state index contributed by atoms with van der Waals surface area (Å²) in [5.74, 6) is 5.87. The molecule has 0 unspecified atom stereocenters. The first-order chi connectivity index (χ1) is 9.19. The molecule has 0 fully saturated rings. The maximum atomic E-state index is 13.4. The summed E-state index contributed by atoms with van der Waals surface area (Å²) < 4.78 is 18.9. The number of hydrogen-bond donors (Lipinski definition) is 0. The molecular weight excluding hydrogens is 265 g/mol. The molecule has 0 spiro atoms. The van der Waals surface area contributed by atoms with Crippen LogP contribution in [0, 0.1) is 17.7 Å². The van der Waals surface area contributed by atoms with E-state index < -0.39 is 0 Å². The van der Waals surface area contributed by atoms with Crippen LogP contribution in [-0.4, -0.2) is 37.0 Å². The summed E-state index contributed by atoms with van der Waals surface area (Å²) in [6, 6.07) is 4.47. The highest BCUT2D eigenvalue weighted by Gasteiger charge is 2.02. The first-order valence-corrected chi connectivity index (χ1v) is 6.93. The lowest BCUT2D eigenvalue weighted by atomic mass is 10.2. The minimum absolute atomic E-state index is 0.231. The van der Waals surface area contributed by atoms with Crippen molar-refractivity contribution in [3.05, 3.63) is 29.6 Å². The zero-order valence-corrected chi connectivity index (χ0v) is 12.1. The third-order valence-corrected chi connectivity index (χ3v) is 2.88. The van der Waals surface area contributed by atoms with Gasteiger partial charge in [-0.3, -0.25) is 0 Å². The van der Waals surface area contributed by atoms with Crippen LogP contribution >= 0.6 is 11.6 Å². The fraction of sp³-hybridized carbons (Fsp3) is 0.467. The van der Waals surface area contributed by atoms with Gasteiger partial charge in [0.15, 0.2) is 0 Å². The molecule has 1 aromatic carbocycles. The molecule has 1 rings (SSSR count). The molecule has 0 saturated heterocycles. The molecule has 0 amide bonds. The molecule has 19 heavy (non-hydrogen) atoms. The minimum Gasteiger partial charge on any atom is -0.492 e. The van der Waals surface area contributed by atoms with Gasteiger partial charge in [-0.15, -0.1) is 11.6 Å². The Balaban J connectivity index is 2.60. The molecule has 1 aromatic rings. The van der Waals surface area contributed by atoms with Crippen molar-refractivity contribution in [1.29, 1.82) is 0 Å². The van der Waals surface area contributed by atoms with E-state index in [0.717, 1.165) is 19.6 Å². The van der Waals surface area contributed by atoms with Gasteiger partial charge >= 0.3 is 0 Å². The van der Waals surface area contributed by atoms with Gasteiger partial charge in [0, 0.05) is 18.2 Å². The van der Waals surface area contributed by atoms with Gasteiger partial charge in [0.2, 0.25) is 0 Å². The molecule has 104 valence electrons. The quantitative estimate of drug-likeness (QED) is 0.587. The highest BCUT2D eigenvalue weighted by atomic mass is 35.5. The molecule has 0 heterocycles. The van der Waals surface area contributed by atoms with Crippen molar-refractivity contribution < 1.29 is 9.13 Å². The molecule has 0 aliphatic carbocycles. The lowest BCUT2D eigenvalue weighted by molar-refractivity contribution is 0.222. The van der Waals surface area contributed by atoms with E-state index in [1.54, 1.807) is 6.07 Å². The van der Waals surface area contributed by atoms with Crippen molar-refractivity contribution in [3.8, 4) is 17.6 Å². The highest BCUT2D eigenvalue weighted by molar-refractivity contribution is 6.19. The Hall–Kier alpha value is -1.24. The van der Waals surface area contributed by atoms with E-state index in [2.05, 4.69) is 30.6 Å². The molecular formula is C15H19ClFNO. The summed E-state index contributed by atoms with van der Waals surface area (Å²) in [5, 5.41) is 0. The van der Waals surface area contributed by atoms with Crippen LogP contribution in [0.1, 0.15) is 19.4 Å². The third-order valence-electron chi connectivity index (χ3n) is 2.74. The van der Waals surface area contributed by atoms with Gasteiger partial charge < -0.3 is 9.64 Å². The SMILES string of the molecule is CCN(CC)CCOc1cc(F)cc(C#CCCl)c1. The largest absolute Gasteiger partial charge is 0.492 e. The third kappa shape index (κ3) is 5.96. The average Bonchev–Trinajstić information content (AvgIpc) is 2.41. The Bertz CT molecular complexity index is 449. The van der Waals surface area contributed by atoms with Crippen LogP contribution in [0.5, 0.6) is 5.75 Å². The summed E-state index contributed by atoms with van der Waals surface area (Å²) in [4.78, 5) is 2.24. The van der Waals surface area contributed by atoms with Gasteiger partial charge in [-0.2, -0.15) is 0 Å². The fourth-order valence-electron chi connectivity index (χ4n) is 1.69. The molecule has 0 aromatic heterocycles. The monoisotopic (exact) mass is 283 g/mol. The molecule has 0 N–H and O–H groups in total. The maximum absolute atomic E-state index is 13.4. The van der Waals surface area contributed by atoms with Crippen molar-refractivity contribution >= 4 is 11.6 Å². The van der Waals surface area contributed by atoms with Crippen molar-refractivity contribution in [2.75, 3.05) is 32.1 Å². The average molecular weight is 284 g/mol. The van der Waals surface area contributed by atoms with Gasteiger partial charge in [0.25, 0.3) is 0 Å². The lowest BCUT2D eigenvalue weighted by Gasteiger charge is -2.18. The van der Waals surface area contributed by atoms with E-state index in [1.807, 2.05) is 0 Å². The first-order valence-electron chi connectivity index (χ1n) is 6.40. The predicted molar refractivity (Wildman–Crippen MR) is 77.3 cm³/mol. The summed E-state index contributed by atoms with van der Waals surface area (Å²) in [6.45, 7) is 7.53. The van der Waals surface area contributed by atoms with Crippen LogP contribution in [0.2, 0.25) is 0 Å². The van der Waals surface area contributed by atoms with Crippen LogP contribution in [-0.2, 0) is 0 Å². The van der Waals surface area contributed by atoms with Crippen molar-refractivity contribution in [2.45, 2.75) is 13.8 Å². The summed E-state index contributed by atoms with van der Waals surface area (Å²) in [7, 11) is 0. The van der Waals surface area contributed by atoms with Gasteiger partial charge in [-0.05, 0) is 25.2 Å². The van der Waals surface area contributed by atoms with Crippen molar-refractivity contribution in [3.63, 3.8) is 0 Å². The minimum atomic E-state index is -0.348. The van der Waals surface area contributed by atoms with Crippen LogP contribution in [0.3, 0.4) is 0 Å². The molecule has 0 saturated carbocycles. The number of halogens is 2. The Morgan fingerprint density at radius 3 is 2.63 bits per heavy atom. The molecule has 0 aliphatic rings. The maximum Gasteiger partial charge on any atom is 0.128 e. The second kappa shape index (κ2) is 8.79. The Morgan fingerprint density at radius 2 is 2.00 bits per heavy atom. The smallest absolute Gasteiger partial charge is 0.128 e. The van der Waals surface area contributed by atoms with E-state index in [0.29, 0.717) is 17.9 Å². The number of rotatable bonds is 6. The topological polar surface area (TPSA) is 12.5 Å². The van der Waals surface area contributed by atoms with Crippen molar-refractivity contribution in [1.82, 2.24) is 4.90 Å². The van der Waals surface area contributed by atoms with Crippen LogP contribution in [0.15, 0.2) is 18.2 Å². The van der Waals surface area contributed by atoms with Crippen LogP contribution in [0.4, 0.5) is 4.39 Å². The van der Waals surface area contributed by atoms with Gasteiger partial charge in [-0.25, -0.2) is 4.39 Å². The zero-order chi connectivity index (χ0) is 14.1.